The third-order valence-electron chi connectivity index (χ3n) is 0.878. The summed E-state index contributed by atoms with van der Waals surface area (Å²) in [5.41, 5.74) is 5.33. The van der Waals surface area contributed by atoms with Crippen molar-refractivity contribution in [2.24, 2.45) is 4.36 Å². The first kappa shape index (κ1) is 9.34. The Morgan fingerprint density at radius 3 is 2.50 bits per heavy atom. The van der Waals surface area contributed by atoms with Gasteiger partial charge < -0.3 is 5.73 Å². The fourth-order valence-corrected chi connectivity index (χ4v) is 1.13. The molecule has 7 heteroatoms. The Bertz CT molecular complexity index is 301. The Morgan fingerprint density at radius 1 is 1.33 bits per heavy atom. The van der Waals surface area contributed by atoms with E-state index >= 15 is 0 Å². The minimum Gasteiger partial charge on any atom is -0.368 e. The van der Waals surface area contributed by atoms with Crippen molar-refractivity contribution in [2.75, 3.05) is 18.2 Å². The summed E-state index contributed by atoms with van der Waals surface area (Å²) < 4.78 is 4.08. The van der Waals surface area contributed by atoms with Gasteiger partial charge in [-0.25, -0.2) is 0 Å². The van der Waals surface area contributed by atoms with Crippen LogP contribution >= 0.6 is 11.6 Å². The summed E-state index contributed by atoms with van der Waals surface area (Å²) in [6, 6.07) is 0. The van der Waals surface area contributed by atoms with Gasteiger partial charge in [0.2, 0.25) is 11.2 Å². The number of anilines is 1. The molecule has 0 unspecified atom stereocenters. The molecule has 1 aromatic rings. The van der Waals surface area contributed by atoms with Crippen LogP contribution < -0.4 is 5.73 Å². The number of nitrogen functional groups attached to an aromatic ring is 1. The van der Waals surface area contributed by atoms with Gasteiger partial charge in [0.15, 0.2) is 0 Å². The standard InChI is InChI=1S/C5H8ClN5S/c1-12(2)11-5-9-3(6)8-4(7)10-5/h1-2H3,(H2,7,8,9,10). The van der Waals surface area contributed by atoms with E-state index in [1.807, 2.05) is 12.5 Å². The van der Waals surface area contributed by atoms with Crippen molar-refractivity contribution in [3.05, 3.63) is 5.28 Å². The van der Waals surface area contributed by atoms with Gasteiger partial charge in [0.25, 0.3) is 5.95 Å². The SMILES string of the molecule is CS(C)=Nc1nc(N)nc(Cl)n1. The molecule has 0 aliphatic heterocycles. The molecule has 1 rings (SSSR count). The second-order valence-electron chi connectivity index (χ2n) is 2.13. The molecule has 0 amide bonds. The fourth-order valence-electron chi connectivity index (χ4n) is 0.559. The van der Waals surface area contributed by atoms with E-state index in [1.54, 1.807) is 0 Å². The van der Waals surface area contributed by atoms with Crippen LogP contribution in [0.25, 0.3) is 0 Å². The molecule has 2 N–H and O–H groups in total. The number of aromatic nitrogens is 3. The monoisotopic (exact) mass is 205 g/mol. The van der Waals surface area contributed by atoms with Gasteiger partial charge in [-0.05, 0) is 24.1 Å². The van der Waals surface area contributed by atoms with Gasteiger partial charge in [0.05, 0.1) is 0 Å². The van der Waals surface area contributed by atoms with Gasteiger partial charge in [0.1, 0.15) is 0 Å². The molecule has 0 bridgehead atoms. The van der Waals surface area contributed by atoms with Crippen LogP contribution in [0.2, 0.25) is 5.28 Å². The number of hydrogen-bond acceptors (Lipinski definition) is 5. The predicted molar refractivity (Wildman–Crippen MR) is 50.6 cm³/mol. The zero-order valence-corrected chi connectivity index (χ0v) is 8.22. The minimum atomic E-state index is -0.125. The number of nitrogens with two attached hydrogens (primary N) is 1. The second kappa shape index (κ2) is 3.77. The van der Waals surface area contributed by atoms with Crippen LogP contribution in [0.5, 0.6) is 0 Å². The van der Waals surface area contributed by atoms with E-state index in [-0.39, 0.29) is 21.9 Å². The first-order valence-corrected chi connectivity index (χ1v) is 5.42. The first-order valence-electron chi connectivity index (χ1n) is 3.04. The van der Waals surface area contributed by atoms with E-state index in [2.05, 4.69) is 19.3 Å². The summed E-state index contributed by atoms with van der Waals surface area (Å²) in [7, 11) is -0.125. The Labute approximate surface area is 77.5 Å². The first-order chi connectivity index (χ1) is 5.58. The highest BCUT2D eigenvalue weighted by Crippen LogP contribution is 2.09. The van der Waals surface area contributed by atoms with Crippen LogP contribution in [0.1, 0.15) is 0 Å². The van der Waals surface area contributed by atoms with E-state index < -0.39 is 0 Å². The Morgan fingerprint density at radius 2 is 2.00 bits per heavy atom. The molecule has 1 aromatic heterocycles. The lowest BCUT2D eigenvalue weighted by atomic mass is 10.9. The number of rotatable bonds is 1. The molecule has 0 atom stereocenters. The minimum absolute atomic E-state index is 0.0756. The van der Waals surface area contributed by atoms with Gasteiger partial charge in [0, 0.05) is 0 Å². The van der Waals surface area contributed by atoms with Crippen molar-refractivity contribution >= 4 is 34.2 Å². The molecule has 0 aliphatic rings. The molecule has 0 radical (unpaired) electrons. The van der Waals surface area contributed by atoms with Crippen molar-refractivity contribution in [1.82, 2.24) is 15.0 Å². The molecule has 0 aliphatic carbocycles. The summed E-state index contributed by atoms with van der Waals surface area (Å²) >= 11 is 5.53. The van der Waals surface area contributed by atoms with Gasteiger partial charge in [-0.15, -0.1) is 0 Å². The van der Waals surface area contributed by atoms with Gasteiger partial charge in [-0.1, -0.05) is 10.7 Å². The third kappa shape index (κ3) is 2.71. The quantitative estimate of drug-likeness (QED) is 0.736. The zero-order chi connectivity index (χ0) is 9.14. The second-order valence-corrected chi connectivity index (χ2v) is 4.19. The van der Waals surface area contributed by atoms with Crippen LogP contribution in [0, 0.1) is 0 Å². The smallest absolute Gasteiger partial charge is 0.261 e. The largest absolute Gasteiger partial charge is 0.368 e. The maximum atomic E-state index is 5.53. The number of hydrogen-bond donors (Lipinski definition) is 1. The molecule has 0 fully saturated rings. The molecule has 0 aromatic carbocycles. The van der Waals surface area contributed by atoms with E-state index in [0.717, 1.165) is 0 Å². The van der Waals surface area contributed by atoms with Crippen molar-refractivity contribution in [1.29, 1.82) is 0 Å². The molecule has 66 valence electrons. The average Bonchev–Trinajstić information content (AvgIpc) is 1.81. The number of halogens is 1. The molecular formula is C5H8ClN5S. The highest BCUT2D eigenvalue weighted by Gasteiger charge is 1.99. The van der Waals surface area contributed by atoms with Gasteiger partial charge >= 0.3 is 0 Å². The Hall–Kier alpha value is -0.750. The van der Waals surface area contributed by atoms with E-state index in [4.69, 9.17) is 17.3 Å². The fraction of sp³-hybridized carbons (Fsp3) is 0.400. The summed E-state index contributed by atoms with van der Waals surface area (Å²) in [5, 5.41) is 0.0756. The highest BCUT2D eigenvalue weighted by atomic mass is 35.5. The summed E-state index contributed by atoms with van der Waals surface area (Å²) in [6.07, 6.45) is 3.88. The summed E-state index contributed by atoms with van der Waals surface area (Å²) in [6.45, 7) is 0. The lowest BCUT2D eigenvalue weighted by Crippen LogP contribution is -1.97. The van der Waals surface area contributed by atoms with Crippen molar-refractivity contribution < 1.29 is 0 Å². The normalized spacial score (nSPS) is 10.3. The van der Waals surface area contributed by atoms with Crippen LogP contribution in [0.4, 0.5) is 11.9 Å². The van der Waals surface area contributed by atoms with Crippen LogP contribution in [0.3, 0.4) is 0 Å². The molecular weight excluding hydrogens is 198 g/mol. The Kier molecular flexibility index (Phi) is 2.93. The van der Waals surface area contributed by atoms with Crippen molar-refractivity contribution in [2.45, 2.75) is 0 Å². The zero-order valence-electron chi connectivity index (χ0n) is 6.65. The average molecular weight is 206 g/mol. The summed E-state index contributed by atoms with van der Waals surface area (Å²) in [5.74, 6) is 0.389. The van der Waals surface area contributed by atoms with Crippen molar-refractivity contribution in [3.63, 3.8) is 0 Å². The molecule has 1 heterocycles. The topological polar surface area (TPSA) is 77.0 Å². The molecule has 0 saturated heterocycles. The highest BCUT2D eigenvalue weighted by molar-refractivity contribution is 7.85. The van der Waals surface area contributed by atoms with Gasteiger partial charge in [-0.2, -0.15) is 19.3 Å². The van der Waals surface area contributed by atoms with Crippen LogP contribution in [0.15, 0.2) is 4.36 Å². The predicted octanol–water partition coefficient (Wildman–Crippen LogP) is 0.800. The maximum Gasteiger partial charge on any atom is 0.261 e. The Balaban J connectivity index is 3.09. The van der Waals surface area contributed by atoms with E-state index in [1.165, 1.54) is 0 Å². The summed E-state index contributed by atoms with van der Waals surface area (Å²) in [4.78, 5) is 11.2. The van der Waals surface area contributed by atoms with Gasteiger partial charge in [-0.3, -0.25) is 0 Å². The van der Waals surface area contributed by atoms with Crippen molar-refractivity contribution in [3.8, 4) is 0 Å². The van der Waals surface area contributed by atoms with E-state index in [0.29, 0.717) is 5.95 Å². The van der Waals surface area contributed by atoms with E-state index in [9.17, 15) is 0 Å². The maximum absolute atomic E-state index is 5.53. The number of nitrogens with zero attached hydrogens (tertiary/aromatic N) is 4. The van der Waals surface area contributed by atoms with Crippen LogP contribution in [-0.2, 0) is 10.7 Å². The molecule has 5 nitrogen and oxygen atoms in total. The lowest BCUT2D eigenvalue weighted by molar-refractivity contribution is 1.06. The molecule has 0 spiro atoms. The molecule has 0 saturated carbocycles. The lowest BCUT2D eigenvalue weighted by Gasteiger charge is -1.95. The molecule has 12 heavy (non-hydrogen) atoms. The van der Waals surface area contributed by atoms with Crippen LogP contribution in [-0.4, -0.2) is 27.5 Å². The third-order valence-corrected chi connectivity index (χ3v) is 1.58.